The molecule has 2 amide bonds. The first-order valence-electron chi connectivity index (χ1n) is 9.12. The molecule has 0 spiro atoms. The van der Waals surface area contributed by atoms with Gasteiger partial charge in [0.05, 0.1) is 19.9 Å². The summed E-state index contributed by atoms with van der Waals surface area (Å²) in [6, 6.07) is 14.6. The molecule has 0 saturated heterocycles. The molecule has 2 aromatic rings. The summed E-state index contributed by atoms with van der Waals surface area (Å²) in [5, 5.41) is 2.80. The molecule has 2 rings (SSSR count). The lowest BCUT2D eigenvalue weighted by molar-refractivity contribution is -0.130. The van der Waals surface area contributed by atoms with Gasteiger partial charge in [0.1, 0.15) is 18.0 Å². The maximum atomic E-state index is 12.6. The van der Waals surface area contributed by atoms with Crippen LogP contribution >= 0.6 is 0 Å². The van der Waals surface area contributed by atoms with E-state index in [1.165, 1.54) is 11.0 Å². The summed E-state index contributed by atoms with van der Waals surface area (Å²) in [6.07, 6.45) is 3.90. The summed E-state index contributed by atoms with van der Waals surface area (Å²) in [5.74, 6) is 0.739. The molecule has 6 heteroatoms. The van der Waals surface area contributed by atoms with Crippen molar-refractivity contribution < 1.29 is 19.1 Å². The molecule has 0 heterocycles. The Kier molecular flexibility index (Phi) is 8.09. The number of benzene rings is 2. The molecule has 0 atom stereocenters. The highest BCUT2D eigenvalue weighted by molar-refractivity contribution is 5.98. The molecule has 6 nitrogen and oxygen atoms in total. The SMILES string of the molecule is CCCN(CC(=O)Nc1ccccc1OC)C(=O)C=Cc1ccccc1OC. The van der Waals surface area contributed by atoms with Crippen LogP contribution in [0.2, 0.25) is 0 Å². The molecule has 0 bridgehead atoms. The predicted octanol–water partition coefficient (Wildman–Crippen LogP) is 3.59. The summed E-state index contributed by atoms with van der Waals surface area (Å²) in [5.41, 5.74) is 1.37. The number of hydrogen-bond acceptors (Lipinski definition) is 4. The summed E-state index contributed by atoms with van der Waals surface area (Å²) >= 11 is 0. The molecule has 0 unspecified atom stereocenters. The smallest absolute Gasteiger partial charge is 0.247 e. The second-order valence-corrected chi connectivity index (χ2v) is 6.08. The second kappa shape index (κ2) is 10.8. The Bertz CT molecular complexity index is 833. The first-order valence-corrected chi connectivity index (χ1v) is 9.12. The molecule has 0 aliphatic carbocycles. The minimum absolute atomic E-state index is 0.0407. The van der Waals surface area contributed by atoms with Crippen molar-refractivity contribution in [3.8, 4) is 11.5 Å². The molecule has 0 aliphatic rings. The van der Waals surface area contributed by atoms with E-state index >= 15 is 0 Å². The first-order chi connectivity index (χ1) is 13.6. The van der Waals surface area contributed by atoms with Gasteiger partial charge in [0, 0.05) is 18.2 Å². The minimum Gasteiger partial charge on any atom is -0.496 e. The van der Waals surface area contributed by atoms with Gasteiger partial charge < -0.3 is 19.7 Å². The van der Waals surface area contributed by atoms with Crippen LogP contribution in [-0.2, 0) is 9.59 Å². The lowest BCUT2D eigenvalue weighted by Gasteiger charge is -2.20. The number of hydrogen-bond donors (Lipinski definition) is 1. The molecule has 2 aromatic carbocycles. The fourth-order valence-corrected chi connectivity index (χ4v) is 2.72. The van der Waals surface area contributed by atoms with E-state index < -0.39 is 0 Å². The molecule has 28 heavy (non-hydrogen) atoms. The third-order valence-corrected chi connectivity index (χ3v) is 4.07. The van der Waals surface area contributed by atoms with E-state index in [1.807, 2.05) is 43.3 Å². The summed E-state index contributed by atoms with van der Waals surface area (Å²) in [7, 11) is 3.13. The second-order valence-electron chi connectivity index (χ2n) is 6.08. The molecule has 148 valence electrons. The van der Waals surface area contributed by atoms with Crippen molar-refractivity contribution in [3.05, 3.63) is 60.2 Å². The number of methoxy groups -OCH3 is 2. The van der Waals surface area contributed by atoms with Crippen LogP contribution in [0.3, 0.4) is 0 Å². The van der Waals surface area contributed by atoms with Crippen molar-refractivity contribution in [2.24, 2.45) is 0 Å². The van der Waals surface area contributed by atoms with Crippen LogP contribution in [0.15, 0.2) is 54.6 Å². The summed E-state index contributed by atoms with van der Waals surface area (Å²) < 4.78 is 10.5. The van der Waals surface area contributed by atoms with E-state index in [4.69, 9.17) is 9.47 Å². The number of rotatable bonds is 9. The zero-order valence-corrected chi connectivity index (χ0v) is 16.5. The van der Waals surface area contributed by atoms with E-state index in [-0.39, 0.29) is 18.4 Å². The Hall–Kier alpha value is -3.28. The van der Waals surface area contributed by atoms with Gasteiger partial charge in [0.15, 0.2) is 0 Å². The van der Waals surface area contributed by atoms with Crippen LogP contribution in [0, 0.1) is 0 Å². The number of ether oxygens (including phenoxy) is 2. The number of para-hydroxylation sites is 3. The average molecular weight is 382 g/mol. The highest BCUT2D eigenvalue weighted by atomic mass is 16.5. The van der Waals surface area contributed by atoms with Gasteiger partial charge in [-0.15, -0.1) is 0 Å². The minimum atomic E-state index is -0.281. The van der Waals surface area contributed by atoms with Gasteiger partial charge >= 0.3 is 0 Å². The highest BCUT2D eigenvalue weighted by Crippen LogP contribution is 2.23. The monoisotopic (exact) mass is 382 g/mol. The van der Waals surface area contributed by atoms with Gasteiger partial charge in [-0.05, 0) is 30.7 Å². The van der Waals surface area contributed by atoms with Crippen molar-refractivity contribution in [2.75, 3.05) is 32.6 Å². The molecule has 0 aliphatic heterocycles. The largest absolute Gasteiger partial charge is 0.496 e. The molecule has 0 fully saturated rings. The predicted molar refractivity (Wildman–Crippen MR) is 111 cm³/mol. The standard InChI is InChI=1S/C22H26N2O4/c1-4-15-24(16-21(25)23-18-10-6-8-12-20(18)28-3)22(26)14-13-17-9-5-7-11-19(17)27-2/h5-14H,4,15-16H2,1-3H3,(H,23,25). The van der Waals surface area contributed by atoms with Crippen LogP contribution in [0.5, 0.6) is 11.5 Å². The van der Waals surface area contributed by atoms with E-state index in [0.717, 1.165) is 12.0 Å². The Morgan fingerprint density at radius 2 is 1.64 bits per heavy atom. The van der Waals surface area contributed by atoms with E-state index in [9.17, 15) is 9.59 Å². The van der Waals surface area contributed by atoms with Gasteiger partial charge in [0.25, 0.3) is 0 Å². The summed E-state index contributed by atoms with van der Waals surface area (Å²) in [4.78, 5) is 26.6. The Balaban J connectivity index is 2.06. The number of anilines is 1. The van der Waals surface area contributed by atoms with E-state index in [0.29, 0.717) is 23.7 Å². The molecule has 1 N–H and O–H groups in total. The zero-order chi connectivity index (χ0) is 20.4. The normalized spacial score (nSPS) is 10.5. The maximum Gasteiger partial charge on any atom is 0.247 e. The van der Waals surface area contributed by atoms with Crippen LogP contribution in [0.4, 0.5) is 5.69 Å². The van der Waals surface area contributed by atoms with Gasteiger partial charge in [-0.25, -0.2) is 0 Å². The fourth-order valence-electron chi connectivity index (χ4n) is 2.72. The van der Waals surface area contributed by atoms with E-state index in [2.05, 4.69) is 5.32 Å². The van der Waals surface area contributed by atoms with Crippen molar-refractivity contribution >= 4 is 23.6 Å². The van der Waals surface area contributed by atoms with Crippen molar-refractivity contribution in [3.63, 3.8) is 0 Å². The number of nitrogens with zero attached hydrogens (tertiary/aromatic N) is 1. The lowest BCUT2D eigenvalue weighted by Crippen LogP contribution is -2.37. The number of carbonyl (C=O) groups excluding carboxylic acids is 2. The third kappa shape index (κ3) is 5.87. The maximum absolute atomic E-state index is 12.6. The quantitative estimate of drug-likeness (QED) is 0.673. The number of nitrogens with one attached hydrogen (secondary N) is 1. The molecule has 0 saturated carbocycles. The van der Waals surface area contributed by atoms with Crippen molar-refractivity contribution in [2.45, 2.75) is 13.3 Å². The molecular formula is C22H26N2O4. The fraction of sp³-hybridized carbons (Fsp3) is 0.273. The topological polar surface area (TPSA) is 67.9 Å². The van der Waals surface area contributed by atoms with Crippen LogP contribution in [0.25, 0.3) is 6.08 Å². The average Bonchev–Trinajstić information content (AvgIpc) is 2.72. The number of carbonyl (C=O) groups is 2. The molecule has 0 radical (unpaired) electrons. The lowest BCUT2D eigenvalue weighted by atomic mass is 10.2. The van der Waals surface area contributed by atoms with Gasteiger partial charge in [0.2, 0.25) is 11.8 Å². The Morgan fingerprint density at radius 3 is 2.32 bits per heavy atom. The van der Waals surface area contributed by atoms with Crippen LogP contribution < -0.4 is 14.8 Å². The zero-order valence-electron chi connectivity index (χ0n) is 16.5. The Labute approximate surface area is 165 Å². The van der Waals surface area contributed by atoms with Gasteiger partial charge in [-0.1, -0.05) is 37.3 Å². The van der Waals surface area contributed by atoms with Crippen LogP contribution in [0.1, 0.15) is 18.9 Å². The van der Waals surface area contributed by atoms with Gasteiger partial charge in [-0.2, -0.15) is 0 Å². The van der Waals surface area contributed by atoms with E-state index in [1.54, 1.807) is 32.4 Å². The first kappa shape index (κ1) is 21.0. The van der Waals surface area contributed by atoms with Crippen molar-refractivity contribution in [1.82, 2.24) is 4.90 Å². The van der Waals surface area contributed by atoms with Crippen LogP contribution in [-0.4, -0.2) is 44.0 Å². The van der Waals surface area contributed by atoms with Crippen molar-refractivity contribution in [1.29, 1.82) is 0 Å². The summed E-state index contributed by atoms with van der Waals surface area (Å²) in [6.45, 7) is 2.40. The molecule has 0 aromatic heterocycles. The highest BCUT2D eigenvalue weighted by Gasteiger charge is 2.15. The Morgan fingerprint density at radius 1 is 1.00 bits per heavy atom. The van der Waals surface area contributed by atoms with Gasteiger partial charge in [-0.3, -0.25) is 9.59 Å². The molecular weight excluding hydrogens is 356 g/mol. The number of amides is 2. The third-order valence-electron chi connectivity index (χ3n) is 4.07.